The van der Waals surface area contributed by atoms with Crippen molar-refractivity contribution < 1.29 is 0 Å². The van der Waals surface area contributed by atoms with Gasteiger partial charge in [-0.15, -0.1) is 0 Å². The molecule has 3 heteroatoms. The highest BCUT2D eigenvalue weighted by Crippen LogP contribution is 2.22. The van der Waals surface area contributed by atoms with Crippen molar-refractivity contribution in [1.29, 1.82) is 5.26 Å². The molecule has 3 nitrogen and oxygen atoms in total. The van der Waals surface area contributed by atoms with Crippen molar-refractivity contribution in [2.24, 2.45) is 0 Å². The van der Waals surface area contributed by atoms with Crippen LogP contribution >= 0.6 is 0 Å². The number of hydrogen-bond acceptors (Lipinski definition) is 2. The molecule has 0 N–H and O–H groups in total. The molecule has 0 bridgehead atoms. The van der Waals surface area contributed by atoms with Crippen molar-refractivity contribution in [2.75, 3.05) is 0 Å². The number of nitriles is 1. The molecule has 0 atom stereocenters. The third kappa shape index (κ3) is 1.16. The van der Waals surface area contributed by atoms with Crippen LogP contribution < -0.4 is 0 Å². The predicted octanol–water partition coefficient (Wildman–Crippen LogP) is 2.14. The van der Waals surface area contributed by atoms with Crippen LogP contribution in [0.25, 0.3) is 5.65 Å². The molecule has 0 aliphatic heterocycles. The third-order valence-electron chi connectivity index (χ3n) is 2.34. The molecule has 14 heavy (non-hydrogen) atoms. The molecule has 0 radical (unpaired) electrons. The second-order valence-corrected chi connectivity index (χ2v) is 3.81. The molecule has 0 saturated carbocycles. The minimum Gasteiger partial charge on any atom is -0.302 e. The first-order chi connectivity index (χ1) is 6.65. The summed E-state index contributed by atoms with van der Waals surface area (Å²) in [5, 5.41) is 9.03. The Morgan fingerprint density at radius 2 is 2.21 bits per heavy atom. The summed E-state index contributed by atoms with van der Waals surface area (Å²) in [6, 6.07) is 8.07. The van der Waals surface area contributed by atoms with Gasteiger partial charge in [-0.25, -0.2) is 4.98 Å². The topological polar surface area (TPSA) is 41.1 Å². The second kappa shape index (κ2) is 2.85. The fourth-order valence-electron chi connectivity index (χ4n) is 1.45. The maximum Gasteiger partial charge on any atom is 0.136 e. The van der Waals surface area contributed by atoms with E-state index in [1.54, 1.807) is 6.20 Å². The quantitative estimate of drug-likeness (QED) is 0.683. The van der Waals surface area contributed by atoms with Gasteiger partial charge < -0.3 is 4.40 Å². The predicted molar refractivity (Wildman–Crippen MR) is 53.8 cm³/mol. The summed E-state index contributed by atoms with van der Waals surface area (Å²) in [4.78, 5) is 4.24. The molecule has 70 valence electrons. The van der Waals surface area contributed by atoms with E-state index in [1.807, 2.05) is 42.6 Å². The Bertz CT molecular complexity index is 502. The Kier molecular flexibility index (Phi) is 1.78. The van der Waals surface area contributed by atoms with Crippen LogP contribution in [0.2, 0.25) is 0 Å². The zero-order chi connectivity index (χ0) is 10.2. The zero-order valence-corrected chi connectivity index (χ0v) is 8.23. The Hall–Kier alpha value is -1.82. The summed E-state index contributed by atoms with van der Waals surface area (Å²) < 4.78 is 1.95. The van der Waals surface area contributed by atoms with Crippen LogP contribution in [0.15, 0.2) is 30.6 Å². The minimum absolute atomic E-state index is 0.499. The van der Waals surface area contributed by atoms with Gasteiger partial charge in [0.25, 0.3) is 0 Å². The van der Waals surface area contributed by atoms with Gasteiger partial charge in [0.05, 0.1) is 23.4 Å². The molecular formula is C11H11N3. The summed E-state index contributed by atoms with van der Waals surface area (Å²) >= 11 is 0. The molecule has 2 aromatic heterocycles. The van der Waals surface area contributed by atoms with Crippen LogP contribution in [-0.2, 0) is 5.41 Å². The normalized spacial score (nSPS) is 11.5. The zero-order valence-electron chi connectivity index (χ0n) is 8.23. The van der Waals surface area contributed by atoms with E-state index in [2.05, 4.69) is 11.1 Å². The van der Waals surface area contributed by atoms with Crippen LogP contribution in [0.4, 0.5) is 0 Å². The molecule has 2 rings (SSSR count). The lowest BCUT2D eigenvalue weighted by molar-refractivity contribution is 0.652. The highest BCUT2D eigenvalue weighted by Gasteiger charge is 2.23. The molecule has 2 aromatic rings. The first kappa shape index (κ1) is 8.76. The number of nitrogens with zero attached hydrogens (tertiary/aromatic N) is 3. The highest BCUT2D eigenvalue weighted by molar-refractivity contribution is 5.42. The van der Waals surface area contributed by atoms with Gasteiger partial charge in [0.2, 0.25) is 0 Å². The molecule has 0 unspecified atom stereocenters. The first-order valence-electron chi connectivity index (χ1n) is 4.49. The number of aromatic nitrogens is 2. The standard InChI is InChI=1S/C11H11N3/c1-11(2,8-12)9-7-13-10-5-3-4-6-14(9)10/h3-7H,1-2H3. The number of pyridine rings is 1. The maximum atomic E-state index is 9.03. The van der Waals surface area contributed by atoms with E-state index in [-0.39, 0.29) is 0 Å². The summed E-state index contributed by atoms with van der Waals surface area (Å²) in [6.07, 6.45) is 3.69. The molecule has 0 aromatic carbocycles. The molecule has 0 saturated heterocycles. The average Bonchev–Trinajstić information content (AvgIpc) is 2.61. The van der Waals surface area contributed by atoms with Crippen LogP contribution in [0.1, 0.15) is 19.5 Å². The Labute approximate surface area is 82.6 Å². The van der Waals surface area contributed by atoms with Crippen molar-refractivity contribution in [1.82, 2.24) is 9.38 Å². The van der Waals surface area contributed by atoms with Crippen molar-refractivity contribution in [3.8, 4) is 6.07 Å². The maximum absolute atomic E-state index is 9.03. The van der Waals surface area contributed by atoms with Crippen molar-refractivity contribution in [2.45, 2.75) is 19.3 Å². The summed E-state index contributed by atoms with van der Waals surface area (Å²) in [7, 11) is 0. The lowest BCUT2D eigenvalue weighted by Crippen LogP contribution is -2.16. The van der Waals surface area contributed by atoms with Crippen LogP contribution in [-0.4, -0.2) is 9.38 Å². The molecule has 2 heterocycles. The first-order valence-corrected chi connectivity index (χ1v) is 4.49. The van der Waals surface area contributed by atoms with Crippen LogP contribution in [0.3, 0.4) is 0 Å². The molecule has 0 aliphatic rings. The van der Waals surface area contributed by atoms with Gasteiger partial charge in [0.15, 0.2) is 0 Å². The van der Waals surface area contributed by atoms with E-state index in [9.17, 15) is 0 Å². The van der Waals surface area contributed by atoms with Gasteiger partial charge >= 0.3 is 0 Å². The average molecular weight is 185 g/mol. The van der Waals surface area contributed by atoms with E-state index in [0.717, 1.165) is 11.3 Å². The highest BCUT2D eigenvalue weighted by atomic mass is 15.0. The van der Waals surface area contributed by atoms with E-state index < -0.39 is 5.41 Å². The van der Waals surface area contributed by atoms with E-state index in [1.165, 1.54) is 0 Å². The van der Waals surface area contributed by atoms with Crippen LogP contribution in [0.5, 0.6) is 0 Å². The van der Waals surface area contributed by atoms with Crippen molar-refractivity contribution >= 4 is 5.65 Å². The molecular weight excluding hydrogens is 174 g/mol. The van der Waals surface area contributed by atoms with Gasteiger partial charge in [-0.05, 0) is 26.0 Å². The number of imidazole rings is 1. The lowest BCUT2D eigenvalue weighted by Gasteiger charge is -2.14. The Balaban J connectivity index is 2.72. The van der Waals surface area contributed by atoms with E-state index in [0.29, 0.717) is 0 Å². The van der Waals surface area contributed by atoms with Gasteiger partial charge in [-0.3, -0.25) is 0 Å². The molecule has 0 fully saturated rings. The fraction of sp³-hybridized carbons (Fsp3) is 0.273. The van der Waals surface area contributed by atoms with Crippen molar-refractivity contribution in [3.05, 3.63) is 36.3 Å². The van der Waals surface area contributed by atoms with Crippen molar-refractivity contribution in [3.63, 3.8) is 0 Å². The van der Waals surface area contributed by atoms with Gasteiger partial charge in [0, 0.05) is 6.20 Å². The summed E-state index contributed by atoms with van der Waals surface area (Å²) in [5.74, 6) is 0. The van der Waals surface area contributed by atoms with E-state index >= 15 is 0 Å². The number of fused-ring (bicyclic) bond motifs is 1. The summed E-state index contributed by atoms with van der Waals surface area (Å²) in [5.41, 5.74) is 1.31. The monoisotopic (exact) mass is 185 g/mol. The smallest absolute Gasteiger partial charge is 0.136 e. The second-order valence-electron chi connectivity index (χ2n) is 3.81. The van der Waals surface area contributed by atoms with E-state index in [4.69, 9.17) is 5.26 Å². The Morgan fingerprint density at radius 1 is 1.43 bits per heavy atom. The Morgan fingerprint density at radius 3 is 2.93 bits per heavy atom. The number of rotatable bonds is 1. The SMILES string of the molecule is CC(C)(C#N)c1cnc2ccccn12. The lowest BCUT2D eigenvalue weighted by atomic mass is 9.92. The molecule has 0 spiro atoms. The molecule has 0 amide bonds. The fourth-order valence-corrected chi connectivity index (χ4v) is 1.45. The van der Waals surface area contributed by atoms with Gasteiger partial charge in [-0.1, -0.05) is 6.07 Å². The van der Waals surface area contributed by atoms with Gasteiger partial charge in [-0.2, -0.15) is 5.26 Å². The minimum atomic E-state index is -0.499. The number of hydrogen-bond donors (Lipinski definition) is 0. The molecule has 0 aliphatic carbocycles. The van der Waals surface area contributed by atoms with Crippen LogP contribution in [0, 0.1) is 11.3 Å². The largest absolute Gasteiger partial charge is 0.302 e. The summed E-state index contributed by atoms with van der Waals surface area (Å²) in [6.45, 7) is 3.78. The third-order valence-corrected chi connectivity index (χ3v) is 2.34. The van der Waals surface area contributed by atoms with Gasteiger partial charge in [0.1, 0.15) is 5.65 Å².